The monoisotopic (exact) mass is 1230 g/mol. The molecule has 452 valence electrons. The zero-order chi connectivity index (χ0) is 63.7. The van der Waals surface area contributed by atoms with Crippen molar-refractivity contribution in [2.24, 2.45) is 0 Å². The Morgan fingerprint density at radius 1 is 0.177 bits per heavy atom. The second-order valence-electron chi connectivity index (χ2n) is 24.3. The van der Waals surface area contributed by atoms with E-state index < -0.39 is 0 Å². The number of rotatable bonds is 12. The number of anilines is 6. The van der Waals surface area contributed by atoms with Crippen LogP contribution in [0.2, 0.25) is 0 Å². The molecule has 2 heterocycles. The highest BCUT2D eigenvalue weighted by Gasteiger charge is 2.25. The van der Waals surface area contributed by atoms with Crippen LogP contribution in [0.1, 0.15) is 0 Å². The van der Waals surface area contributed by atoms with Gasteiger partial charge in [-0.1, -0.05) is 297 Å². The fourth-order valence-corrected chi connectivity index (χ4v) is 13.9. The minimum atomic E-state index is 0.865. The van der Waals surface area contributed by atoms with Gasteiger partial charge in [0.1, 0.15) is 11.2 Å². The number of fused-ring (bicyclic) bond motifs is 10. The van der Waals surface area contributed by atoms with Crippen molar-refractivity contribution in [1.82, 2.24) is 0 Å². The largest absolute Gasteiger partial charge is 0.453 e. The van der Waals surface area contributed by atoms with E-state index in [-0.39, 0.29) is 0 Å². The third-order valence-electron chi connectivity index (χ3n) is 18.5. The number of hydrogen-bond donors (Lipinski definition) is 0. The highest BCUT2D eigenvalue weighted by molar-refractivity contribution is 6.25. The van der Waals surface area contributed by atoms with E-state index in [4.69, 9.17) is 8.83 Å². The number of benzene rings is 16. The molecule has 0 spiro atoms. The van der Waals surface area contributed by atoms with Crippen LogP contribution in [0.25, 0.3) is 132 Å². The standard InChI is InChI=1S/2C46H31NO/c1-4-14-32(15-5-1)35-19-12-20-36(30-35)33-26-28-39(29-27-33)47(38-21-8-3-9-22-38)43-25-13-24-41-44-40-23-11-10-18-37(40)31-42(46(44)48-45(41)43)34-16-6-2-7-17-34;1-4-13-32(14-5-1)33-23-25-34(26-24-33)35-27-29-39(30-28-35)47(38-18-8-3-9-19-38)43-22-12-21-41-44-40-20-11-10-17-37(40)31-42(46(44)48-45(41)43)36-15-6-2-7-16-36/h2*1-31H. The number of nitrogens with zero attached hydrogens (tertiary/aromatic N) is 2. The van der Waals surface area contributed by atoms with E-state index in [0.717, 1.165) is 100 Å². The first-order valence-electron chi connectivity index (χ1n) is 32.7. The molecule has 18 rings (SSSR count). The Kier molecular flexibility index (Phi) is 14.9. The predicted molar refractivity (Wildman–Crippen MR) is 404 cm³/mol. The van der Waals surface area contributed by atoms with E-state index in [9.17, 15) is 0 Å². The lowest BCUT2D eigenvalue weighted by atomic mass is 9.96. The summed E-state index contributed by atoms with van der Waals surface area (Å²) in [5.41, 5.74) is 23.9. The average Bonchev–Trinajstić information content (AvgIpc) is 1.57. The molecule has 16 aromatic carbocycles. The summed E-state index contributed by atoms with van der Waals surface area (Å²) < 4.78 is 14.0. The van der Waals surface area contributed by atoms with Gasteiger partial charge in [0, 0.05) is 55.4 Å². The summed E-state index contributed by atoms with van der Waals surface area (Å²) in [6.45, 7) is 0. The molecule has 4 heteroatoms. The molecule has 0 aliphatic rings. The van der Waals surface area contributed by atoms with Gasteiger partial charge in [-0.2, -0.15) is 0 Å². The van der Waals surface area contributed by atoms with Gasteiger partial charge >= 0.3 is 0 Å². The van der Waals surface area contributed by atoms with Gasteiger partial charge in [-0.05, 0) is 156 Å². The maximum atomic E-state index is 7.01. The van der Waals surface area contributed by atoms with Gasteiger partial charge in [-0.3, -0.25) is 0 Å². The van der Waals surface area contributed by atoms with E-state index in [1.165, 1.54) is 66.1 Å². The minimum absolute atomic E-state index is 0.865. The zero-order valence-corrected chi connectivity index (χ0v) is 52.5. The third kappa shape index (κ3) is 10.7. The van der Waals surface area contributed by atoms with Crippen LogP contribution >= 0.6 is 0 Å². The summed E-state index contributed by atoms with van der Waals surface area (Å²) in [6.07, 6.45) is 0. The molecule has 0 N–H and O–H groups in total. The Hall–Kier alpha value is -12.8. The Morgan fingerprint density at radius 2 is 0.448 bits per heavy atom. The van der Waals surface area contributed by atoms with Gasteiger partial charge in [0.2, 0.25) is 0 Å². The van der Waals surface area contributed by atoms with Crippen molar-refractivity contribution in [2.75, 3.05) is 9.80 Å². The van der Waals surface area contributed by atoms with Gasteiger partial charge < -0.3 is 18.6 Å². The molecule has 0 bridgehead atoms. The summed E-state index contributed by atoms with van der Waals surface area (Å²) in [4.78, 5) is 4.61. The quantitative estimate of drug-likeness (QED) is 0.122. The van der Waals surface area contributed by atoms with E-state index in [1.807, 2.05) is 0 Å². The first kappa shape index (κ1) is 57.2. The van der Waals surface area contributed by atoms with Crippen LogP contribution in [0.3, 0.4) is 0 Å². The summed E-state index contributed by atoms with van der Waals surface area (Å²) in [6, 6.07) is 133. The fraction of sp³-hybridized carbons (Fsp3) is 0. The molecule has 0 aliphatic carbocycles. The van der Waals surface area contributed by atoms with Crippen molar-refractivity contribution in [3.8, 4) is 66.8 Å². The molecular formula is C92H62N2O2. The Labute approximate surface area is 557 Å². The summed E-state index contributed by atoms with van der Waals surface area (Å²) in [5.74, 6) is 0. The summed E-state index contributed by atoms with van der Waals surface area (Å²) in [7, 11) is 0. The van der Waals surface area contributed by atoms with Crippen molar-refractivity contribution >= 4 is 99.5 Å². The van der Waals surface area contributed by atoms with Crippen LogP contribution in [0.15, 0.2) is 385 Å². The molecule has 0 amide bonds. The molecule has 0 atom stereocenters. The Bertz CT molecular complexity index is 5780. The minimum Gasteiger partial charge on any atom is -0.453 e. The van der Waals surface area contributed by atoms with Crippen molar-refractivity contribution in [3.05, 3.63) is 376 Å². The molecule has 2 aromatic heterocycles. The van der Waals surface area contributed by atoms with Gasteiger partial charge in [-0.15, -0.1) is 0 Å². The highest BCUT2D eigenvalue weighted by Crippen LogP contribution is 2.49. The predicted octanol–water partition coefficient (Wildman–Crippen LogP) is 26.4. The molecular weight excluding hydrogens is 1170 g/mol. The van der Waals surface area contributed by atoms with Gasteiger partial charge in [-0.25, -0.2) is 0 Å². The maximum absolute atomic E-state index is 7.01. The number of para-hydroxylation sites is 4. The van der Waals surface area contributed by atoms with E-state index >= 15 is 0 Å². The second-order valence-corrected chi connectivity index (χ2v) is 24.3. The van der Waals surface area contributed by atoms with Crippen molar-refractivity contribution in [3.63, 3.8) is 0 Å². The van der Waals surface area contributed by atoms with Crippen molar-refractivity contribution < 1.29 is 8.83 Å². The molecule has 18 aromatic rings. The van der Waals surface area contributed by atoms with Crippen LogP contribution in [0.5, 0.6) is 0 Å². The second kappa shape index (κ2) is 25.0. The third-order valence-corrected chi connectivity index (χ3v) is 18.5. The first-order valence-corrected chi connectivity index (χ1v) is 32.7. The maximum Gasteiger partial charge on any atom is 0.159 e. The van der Waals surface area contributed by atoms with Gasteiger partial charge in [0.25, 0.3) is 0 Å². The topological polar surface area (TPSA) is 32.8 Å². The average molecular weight is 1230 g/mol. The van der Waals surface area contributed by atoms with Gasteiger partial charge in [0.05, 0.1) is 11.4 Å². The van der Waals surface area contributed by atoms with Crippen LogP contribution in [0.4, 0.5) is 34.1 Å². The lowest BCUT2D eigenvalue weighted by Crippen LogP contribution is -2.10. The molecule has 0 fully saturated rings. The fourth-order valence-electron chi connectivity index (χ4n) is 13.9. The van der Waals surface area contributed by atoms with E-state index in [2.05, 4.69) is 386 Å². The van der Waals surface area contributed by atoms with E-state index in [0.29, 0.717) is 0 Å². The van der Waals surface area contributed by atoms with Crippen molar-refractivity contribution in [1.29, 1.82) is 0 Å². The number of furan rings is 2. The highest BCUT2D eigenvalue weighted by atomic mass is 16.3. The lowest BCUT2D eigenvalue weighted by molar-refractivity contribution is 0.670. The molecule has 0 unspecified atom stereocenters. The zero-order valence-electron chi connectivity index (χ0n) is 52.5. The molecule has 0 aliphatic heterocycles. The molecule has 0 saturated heterocycles. The normalized spacial score (nSPS) is 11.3. The van der Waals surface area contributed by atoms with Crippen LogP contribution in [-0.4, -0.2) is 0 Å². The Morgan fingerprint density at radius 3 is 0.844 bits per heavy atom. The molecule has 0 saturated carbocycles. The first-order chi connectivity index (χ1) is 47.6. The lowest BCUT2D eigenvalue weighted by Gasteiger charge is -2.25. The summed E-state index contributed by atoms with van der Waals surface area (Å²) >= 11 is 0. The molecule has 4 nitrogen and oxygen atoms in total. The molecule has 0 radical (unpaired) electrons. The van der Waals surface area contributed by atoms with Crippen LogP contribution in [-0.2, 0) is 0 Å². The van der Waals surface area contributed by atoms with Crippen molar-refractivity contribution in [2.45, 2.75) is 0 Å². The number of hydrogen-bond acceptors (Lipinski definition) is 4. The molecule has 96 heavy (non-hydrogen) atoms. The van der Waals surface area contributed by atoms with Gasteiger partial charge in [0.15, 0.2) is 11.2 Å². The van der Waals surface area contributed by atoms with Crippen LogP contribution in [0, 0.1) is 0 Å². The smallest absolute Gasteiger partial charge is 0.159 e. The Balaban J connectivity index is 0.000000145. The SMILES string of the molecule is c1ccc(-c2ccc(-c3ccc(N(c4ccccc4)c4cccc5c4oc4c(-c6ccccc6)cc6ccccc6c45)cc3)cc2)cc1.c1ccc(-c2cccc(-c3ccc(N(c4ccccc4)c4cccc5c4oc4c(-c6ccccc6)cc6ccccc6c45)cc3)c2)cc1. The van der Waals surface area contributed by atoms with E-state index in [1.54, 1.807) is 0 Å². The van der Waals surface area contributed by atoms with Crippen LogP contribution < -0.4 is 9.80 Å². The summed E-state index contributed by atoms with van der Waals surface area (Å²) in [5, 5.41) is 9.28.